The summed E-state index contributed by atoms with van der Waals surface area (Å²) in [6, 6.07) is 10.7. The Morgan fingerprint density at radius 1 is 1.25 bits per heavy atom. The quantitative estimate of drug-likeness (QED) is 0.607. The van der Waals surface area contributed by atoms with Crippen molar-refractivity contribution in [1.82, 2.24) is 0 Å². The highest BCUT2D eigenvalue weighted by Gasteiger charge is 2.37. The Morgan fingerprint density at radius 2 is 1.96 bits per heavy atom. The fourth-order valence-corrected chi connectivity index (χ4v) is 3.38. The van der Waals surface area contributed by atoms with Gasteiger partial charge in [0.25, 0.3) is 5.91 Å². The number of ether oxygens (including phenoxy) is 1. The average molecular weight is 360 g/mol. The number of thiophene rings is 1. The summed E-state index contributed by atoms with van der Waals surface area (Å²) in [7, 11) is 1.31. The summed E-state index contributed by atoms with van der Waals surface area (Å²) in [5, 5.41) is 2.49. The van der Waals surface area contributed by atoms with Crippen LogP contribution in [0.3, 0.4) is 0 Å². The summed E-state index contributed by atoms with van der Waals surface area (Å²) < 4.78 is 4.87. The molecule has 0 saturated carbocycles. The van der Waals surface area contributed by atoms with Gasteiger partial charge in [0.2, 0.25) is 0 Å². The zero-order valence-electron chi connectivity index (χ0n) is 13.1. The molecular formula is C18H14ClNO3S. The van der Waals surface area contributed by atoms with Gasteiger partial charge in [-0.3, -0.25) is 9.69 Å². The number of methoxy groups -OCH3 is 1. The second-order valence-corrected chi connectivity index (χ2v) is 6.56. The predicted octanol–water partition coefficient (Wildman–Crippen LogP) is 4.28. The number of anilines is 1. The second kappa shape index (κ2) is 6.63. The molecule has 1 aromatic carbocycles. The first kappa shape index (κ1) is 16.5. The van der Waals surface area contributed by atoms with Crippen LogP contribution >= 0.6 is 22.9 Å². The summed E-state index contributed by atoms with van der Waals surface area (Å²) in [6.45, 7) is 1.73. The molecule has 1 aliphatic heterocycles. The molecule has 2 heterocycles. The number of amides is 1. The van der Waals surface area contributed by atoms with Gasteiger partial charge in [0, 0.05) is 21.3 Å². The van der Waals surface area contributed by atoms with Gasteiger partial charge in [0.1, 0.15) is 0 Å². The molecule has 6 heteroatoms. The first-order valence-corrected chi connectivity index (χ1v) is 8.43. The Labute approximate surface area is 148 Å². The molecule has 2 aromatic rings. The number of carbonyl (C=O) groups is 2. The number of benzene rings is 1. The molecule has 0 aliphatic carbocycles. The van der Waals surface area contributed by atoms with Crippen molar-refractivity contribution < 1.29 is 14.3 Å². The maximum Gasteiger partial charge on any atom is 0.340 e. The molecule has 1 aromatic heterocycles. The molecule has 0 saturated heterocycles. The van der Waals surface area contributed by atoms with Gasteiger partial charge in [-0.2, -0.15) is 0 Å². The molecule has 0 bridgehead atoms. The van der Waals surface area contributed by atoms with Crippen LogP contribution in [-0.4, -0.2) is 19.0 Å². The van der Waals surface area contributed by atoms with Crippen LogP contribution in [0.25, 0.3) is 6.08 Å². The van der Waals surface area contributed by atoms with E-state index >= 15 is 0 Å². The summed E-state index contributed by atoms with van der Waals surface area (Å²) in [4.78, 5) is 27.6. The lowest BCUT2D eigenvalue weighted by atomic mass is 10.1. The van der Waals surface area contributed by atoms with Gasteiger partial charge in [-0.15, -0.1) is 11.3 Å². The van der Waals surface area contributed by atoms with E-state index in [1.807, 2.05) is 17.5 Å². The molecule has 24 heavy (non-hydrogen) atoms. The van der Waals surface area contributed by atoms with Crippen LogP contribution in [-0.2, 0) is 14.3 Å². The van der Waals surface area contributed by atoms with Gasteiger partial charge in [0.05, 0.1) is 18.3 Å². The number of halogens is 1. The number of rotatable bonds is 3. The predicted molar refractivity (Wildman–Crippen MR) is 96.0 cm³/mol. The molecule has 1 amide bonds. The topological polar surface area (TPSA) is 46.6 Å². The van der Waals surface area contributed by atoms with E-state index in [1.54, 1.807) is 37.3 Å². The number of hydrogen-bond acceptors (Lipinski definition) is 4. The van der Waals surface area contributed by atoms with Crippen LogP contribution in [0.1, 0.15) is 11.8 Å². The first-order valence-electron chi connectivity index (χ1n) is 7.17. The van der Waals surface area contributed by atoms with E-state index in [4.69, 9.17) is 16.3 Å². The van der Waals surface area contributed by atoms with Crippen molar-refractivity contribution >= 4 is 46.6 Å². The Hall–Kier alpha value is -2.37. The largest absolute Gasteiger partial charge is 0.465 e. The maximum absolute atomic E-state index is 12.9. The Bertz CT molecular complexity index is 851. The van der Waals surface area contributed by atoms with Crippen molar-refractivity contribution in [2.75, 3.05) is 12.0 Å². The number of hydrogen-bond donors (Lipinski definition) is 0. The third-order valence-electron chi connectivity index (χ3n) is 3.70. The standard InChI is InChI=1S/C18H14ClNO3S/c1-11-16(18(22)23-2)15(10-14-4-3-9-24-14)17(21)20(11)13-7-5-12(19)6-8-13/h3-10H,1-2H3. The van der Waals surface area contributed by atoms with Gasteiger partial charge < -0.3 is 4.74 Å². The van der Waals surface area contributed by atoms with Crippen LogP contribution in [0.4, 0.5) is 5.69 Å². The van der Waals surface area contributed by atoms with Crippen LogP contribution in [0.15, 0.2) is 58.6 Å². The zero-order valence-corrected chi connectivity index (χ0v) is 14.6. The van der Waals surface area contributed by atoms with Crippen molar-refractivity contribution in [2.24, 2.45) is 0 Å². The van der Waals surface area contributed by atoms with Gasteiger partial charge in [0.15, 0.2) is 0 Å². The highest BCUT2D eigenvalue weighted by atomic mass is 35.5. The van der Waals surface area contributed by atoms with E-state index in [1.165, 1.54) is 23.3 Å². The number of carbonyl (C=O) groups excluding carboxylic acids is 2. The lowest BCUT2D eigenvalue weighted by molar-refractivity contribution is -0.136. The van der Waals surface area contributed by atoms with E-state index in [2.05, 4.69) is 0 Å². The first-order chi connectivity index (χ1) is 11.5. The third kappa shape index (κ3) is 2.88. The molecule has 0 radical (unpaired) electrons. The number of allylic oxidation sites excluding steroid dienone is 1. The average Bonchev–Trinajstić information content (AvgIpc) is 3.16. The summed E-state index contributed by atoms with van der Waals surface area (Å²) in [5.74, 6) is -0.788. The molecule has 0 fully saturated rings. The van der Waals surface area contributed by atoms with E-state index in [0.29, 0.717) is 22.0 Å². The van der Waals surface area contributed by atoms with Crippen molar-refractivity contribution in [1.29, 1.82) is 0 Å². The Kier molecular flexibility index (Phi) is 4.55. The zero-order chi connectivity index (χ0) is 17.3. The normalized spacial score (nSPS) is 16.2. The van der Waals surface area contributed by atoms with Gasteiger partial charge in [-0.1, -0.05) is 17.7 Å². The van der Waals surface area contributed by atoms with Crippen LogP contribution in [0, 0.1) is 0 Å². The van der Waals surface area contributed by atoms with Crippen molar-refractivity contribution in [2.45, 2.75) is 6.92 Å². The Morgan fingerprint density at radius 3 is 2.54 bits per heavy atom. The fraction of sp³-hybridized carbons (Fsp3) is 0.111. The second-order valence-electron chi connectivity index (χ2n) is 5.14. The smallest absolute Gasteiger partial charge is 0.340 e. The molecule has 1 aliphatic rings. The summed E-state index contributed by atoms with van der Waals surface area (Å²) >= 11 is 7.41. The molecule has 0 N–H and O–H groups in total. The summed E-state index contributed by atoms with van der Waals surface area (Å²) in [6.07, 6.45) is 1.72. The van der Waals surface area contributed by atoms with Crippen molar-refractivity contribution in [3.8, 4) is 0 Å². The number of nitrogens with zero attached hydrogens (tertiary/aromatic N) is 1. The van der Waals surface area contributed by atoms with Crippen LogP contribution < -0.4 is 4.90 Å². The van der Waals surface area contributed by atoms with E-state index in [9.17, 15) is 9.59 Å². The Balaban J connectivity index is 2.12. The van der Waals surface area contributed by atoms with Crippen LogP contribution in [0.5, 0.6) is 0 Å². The summed E-state index contributed by atoms with van der Waals surface area (Å²) in [5.41, 5.74) is 1.80. The lowest BCUT2D eigenvalue weighted by Gasteiger charge is -2.17. The monoisotopic (exact) mass is 359 g/mol. The van der Waals surface area contributed by atoms with E-state index in [-0.39, 0.29) is 11.5 Å². The highest BCUT2D eigenvalue weighted by Crippen LogP contribution is 2.36. The SMILES string of the molecule is COC(=O)C1=C(C)N(c2ccc(Cl)cc2)C(=O)C1=Cc1cccs1. The fourth-order valence-electron chi connectivity index (χ4n) is 2.60. The molecule has 0 atom stereocenters. The molecule has 4 nitrogen and oxygen atoms in total. The molecule has 3 rings (SSSR count). The van der Waals surface area contributed by atoms with E-state index < -0.39 is 5.97 Å². The van der Waals surface area contributed by atoms with Crippen molar-refractivity contribution in [3.63, 3.8) is 0 Å². The maximum atomic E-state index is 12.9. The molecule has 0 unspecified atom stereocenters. The van der Waals surface area contributed by atoms with Gasteiger partial charge in [-0.25, -0.2) is 4.79 Å². The van der Waals surface area contributed by atoms with Crippen molar-refractivity contribution in [3.05, 3.63) is 68.5 Å². The third-order valence-corrected chi connectivity index (χ3v) is 4.78. The minimum Gasteiger partial charge on any atom is -0.465 e. The number of esters is 1. The lowest BCUT2D eigenvalue weighted by Crippen LogP contribution is -2.24. The molecular weight excluding hydrogens is 346 g/mol. The van der Waals surface area contributed by atoms with Gasteiger partial charge in [-0.05, 0) is 48.7 Å². The van der Waals surface area contributed by atoms with E-state index in [0.717, 1.165) is 4.88 Å². The minimum absolute atomic E-state index is 0.261. The van der Waals surface area contributed by atoms with Crippen LogP contribution in [0.2, 0.25) is 5.02 Å². The van der Waals surface area contributed by atoms with Gasteiger partial charge >= 0.3 is 5.97 Å². The molecule has 122 valence electrons. The minimum atomic E-state index is -0.528. The highest BCUT2D eigenvalue weighted by molar-refractivity contribution is 7.10. The molecule has 0 spiro atoms.